The third kappa shape index (κ3) is 15.9. The SMILES string of the molecule is CCCNC(C)C(=O)Nc1ccccc1C.COC(=O)[C@H](Cc1ccccc1)NC(=O)[C@H](CC(=O)O)NCCC(C)(C)C. The van der Waals surface area contributed by atoms with E-state index in [1.807, 2.05) is 68.4 Å². The van der Waals surface area contributed by atoms with Gasteiger partial charge >= 0.3 is 11.9 Å². The zero-order valence-electron chi connectivity index (χ0n) is 26.7. The summed E-state index contributed by atoms with van der Waals surface area (Å²) >= 11 is 0. The van der Waals surface area contributed by atoms with Crippen LogP contribution in [0, 0.1) is 12.3 Å². The first-order valence-corrected chi connectivity index (χ1v) is 14.7. The van der Waals surface area contributed by atoms with E-state index in [1.54, 1.807) is 0 Å². The molecule has 0 radical (unpaired) electrons. The Hall–Kier alpha value is -3.76. The number of anilines is 1. The van der Waals surface area contributed by atoms with E-state index in [2.05, 4.69) is 49.0 Å². The smallest absolute Gasteiger partial charge is 0.328 e. The minimum atomic E-state index is -1.09. The van der Waals surface area contributed by atoms with Crippen LogP contribution in [0.2, 0.25) is 0 Å². The molecule has 2 aromatic carbocycles. The van der Waals surface area contributed by atoms with Crippen LogP contribution < -0.4 is 21.3 Å². The molecule has 0 aliphatic rings. The van der Waals surface area contributed by atoms with Crippen LogP contribution in [0.1, 0.15) is 65.0 Å². The van der Waals surface area contributed by atoms with Gasteiger partial charge in [0.05, 0.1) is 25.6 Å². The Morgan fingerprint density at radius 3 is 2.07 bits per heavy atom. The number of para-hydroxylation sites is 1. The highest BCUT2D eigenvalue weighted by atomic mass is 16.5. The second-order valence-corrected chi connectivity index (χ2v) is 11.7. The van der Waals surface area contributed by atoms with Gasteiger partial charge in [0.15, 0.2) is 0 Å². The summed E-state index contributed by atoms with van der Waals surface area (Å²) in [5.41, 5.74) is 2.89. The maximum Gasteiger partial charge on any atom is 0.328 e. The van der Waals surface area contributed by atoms with E-state index in [0.29, 0.717) is 6.54 Å². The third-order valence-corrected chi connectivity index (χ3v) is 6.54. The lowest BCUT2D eigenvalue weighted by Gasteiger charge is -2.23. The van der Waals surface area contributed by atoms with Crippen LogP contribution in [-0.4, -0.2) is 67.2 Å². The van der Waals surface area contributed by atoms with Gasteiger partial charge in [-0.05, 0) is 62.4 Å². The van der Waals surface area contributed by atoms with Crippen LogP contribution >= 0.6 is 0 Å². The summed E-state index contributed by atoms with van der Waals surface area (Å²) in [6.45, 7) is 13.5. The number of nitrogens with one attached hydrogen (secondary N) is 4. The Bertz CT molecular complexity index is 1150. The molecule has 43 heavy (non-hydrogen) atoms. The molecule has 2 aromatic rings. The Labute approximate surface area is 256 Å². The number of carboxylic acids is 1. The van der Waals surface area contributed by atoms with Crippen molar-refractivity contribution in [1.82, 2.24) is 16.0 Å². The summed E-state index contributed by atoms with van der Waals surface area (Å²) in [5.74, 6) is -2.17. The first-order valence-electron chi connectivity index (χ1n) is 14.7. The van der Waals surface area contributed by atoms with Gasteiger partial charge in [-0.15, -0.1) is 0 Å². The minimum Gasteiger partial charge on any atom is -0.481 e. The fourth-order valence-electron chi connectivity index (χ4n) is 3.92. The molecule has 5 N–H and O–H groups in total. The molecule has 2 amide bonds. The monoisotopic (exact) mass is 598 g/mol. The zero-order valence-corrected chi connectivity index (χ0v) is 26.7. The number of carbonyl (C=O) groups excluding carboxylic acids is 3. The molecule has 0 saturated heterocycles. The number of benzene rings is 2. The number of rotatable bonds is 15. The standard InChI is InChI=1S/C20H30N2O5.C13H20N2O/c1-20(2,3)10-11-21-15(13-17(23)24)18(25)22-16(19(26)27-4)12-14-8-6-5-7-9-14;1-4-9-14-11(3)13(16)15-12-8-6-5-7-10(12)2/h5-9,15-16,21H,10-13H2,1-4H3,(H,22,25)(H,23,24);5-8,11,14H,4,9H2,1-3H3,(H,15,16)/t15-,16-;/m0./s1. The molecule has 0 fully saturated rings. The van der Waals surface area contributed by atoms with Crippen LogP contribution in [-0.2, 0) is 30.3 Å². The Balaban J connectivity index is 0.000000490. The van der Waals surface area contributed by atoms with Crippen LogP contribution in [0.3, 0.4) is 0 Å². The lowest BCUT2D eigenvalue weighted by molar-refractivity contribution is -0.145. The average molecular weight is 599 g/mol. The number of hydrogen-bond donors (Lipinski definition) is 5. The highest BCUT2D eigenvalue weighted by Gasteiger charge is 2.28. The van der Waals surface area contributed by atoms with Crippen LogP contribution in [0.4, 0.5) is 5.69 Å². The normalized spacial score (nSPS) is 13.0. The van der Waals surface area contributed by atoms with Crippen LogP contribution in [0.5, 0.6) is 0 Å². The summed E-state index contributed by atoms with van der Waals surface area (Å²) in [5, 5.41) is 20.8. The van der Waals surface area contributed by atoms with Crippen molar-refractivity contribution in [3.8, 4) is 0 Å². The van der Waals surface area contributed by atoms with E-state index in [1.165, 1.54) is 7.11 Å². The molecular formula is C33H50N4O6. The van der Waals surface area contributed by atoms with Gasteiger partial charge in [-0.1, -0.05) is 76.2 Å². The van der Waals surface area contributed by atoms with Gasteiger partial charge in [0.2, 0.25) is 11.8 Å². The van der Waals surface area contributed by atoms with Gasteiger partial charge in [0.25, 0.3) is 0 Å². The Morgan fingerprint density at radius 2 is 1.51 bits per heavy atom. The Kier molecular flexibility index (Phi) is 16.8. The molecule has 3 atom stereocenters. The zero-order chi connectivity index (χ0) is 32.4. The highest BCUT2D eigenvalue weighted by Crippen LogP contribution is 2.17. The molecule has 238 valence electrons. The van der Waals surface area contributed by atoms with Crippen molar-refractivity contribution in [3.63, 3.8) is 0 Å². The number of aliphatic carboxylic acids is 1. The maximum atomic E-state index is 12.6. The number of carboxylic acid groups (broad SMARTS) is 1. The molecule has 0 spiro atoms. The quantitative estimate of drug-likeness (QED) is 0.193. The summed E-state index contributed by atoms with van der Waals surface area (Å²) in [7, 11) is 1.25. The molecule has 0 aromatic heterocycles. The van der Waals surface area contributed by atoms with E-state index in [4.69, 9.17) is 9.84 Å². The van der Waals surface area contributed by atoms with Crippen molar-refractivity contribution < 1.29 is 29.0 Å². The summed E-state index contributed by atoms with van der Waals surface area (Å²) in [6.07, 6.45) is 1.71. The molecule has 0 aliphatic heterocycles. The fraction of sp³-hybridized carbons (Fsp3) is 0.515. The first-order chi connectivity index (χ1) is 20.3. The molecule has 10 nitrogen and oxygen atoms in total. The van der Waals surface area contributed by atoms with Gasteiger partial charge in [0, 0.05) is 12.1 Å². The van der Waals surface area contributed by atoms with Crippen molar-refractivity contribution in [3.05, 3.63) is 65.7 Å². The van der Waals surface area contributed by atoms with E-state index < -0.39 is 29.9 Å². The van der Waals surface area contributed by atoms with Crippen molar-refractivity contribution in [1.29, 1.82) is 0 Å². The number of aryl methyl sites for hydroxylation is 1. The number of esters is 1. The predicted octanol–water partition coefficient (Wildman–Crippen LogP) is 4.08. The van der Waals surface area contributed by atoms with Gasteiger partial charge in [-0.2, -0.15) is 0 Å². The summed E-state index contributed by atoms with van der Waals surface area (Å²) < 4.78 is 4.78. The van der Waals surface area contributed by atoms with Crippen molar-refractivity contribution in [2.45, 2.75) is 85.4 Å². The number of methoxy groups -OCH3 is 1. The highest BCUT2D eigenvalue weighted by molar-refractivity contribution is 5.95. The molecular weight excluding hydrogens is 548 g/mol. The summed E-state index contributed by atoms with van der Waals surface area (Å²) in [6, 6.07) is 15.1. The van der Waals surface area contributed by atoms with Gasteiger partial charge in [-0.25, -0.2) is 4.79 Å². The second kappa shape index (κ2) is 19.4. The number of ether oxygens (including phenoxy) is 1. The number of amides is 2. The van der Waals surface area contributed by atoms with Gasteiger partial charge in [0.1, 0.15) is 6.04 Å². The maximum absolute atomic E-state index is 12.6. The van der Waals surface area contributed by atoms with E-state index in [0.717, 1.165) is 36.2 Å². The molecule has 2 rings (SSSR count). The lowest BCUT2D eigenvalue weighted by atomic mass is 9.92. The minimum absolute atomic E-state index is 0.0164. The lowest BCUT2D eigenvalue weighted by Crippen LogP contribution is -2.52. The average Bonchev–Trinajstić information content (AvgIpc) is 2.95. The Morgan fingerprint density at radius 1 is 0.884 bits per heavy atom. The van der Waals surface area contributed by atoms with Crippen molar-refractivity contribution >= 4 is 29.4 Å². The summed E-state index contributed by atoms with van der Waals surface area (Å²) in [4.78, 5) is 47.6. The molecule has 0 saturated carbocycles. The van der Waals surface area contributed by atoms with E-state index in [9.17, 15) is 19.2 Å². The first kappa shape index (κ1) is 37.3. The number of carbonyl (C=O) groups is 4. The largest absolute Gasteiger partial charge is 0.481 e. The topological polar surface area (TPSA) is 146 Å². The van der Waals surface area contributed by atoms with E-state index in [-0.39, 0.29) is 30.2 Å². The van der Waals surface area contributed by atoms with Crippen LogP contribution in [0.25, 0.3) is 0 Å². The third-order valence-electron chi connectivity index (χ3n) is 6.54. The van der Waals surface area contributed by atoms with Gasteiger partial charge in [-0.3, -0.25) is 14.4 Å². The number of hydrogen-bond acceptors (Lipinski definition) is 7. The van der Waals surface area contributed by atoms with E-state index >= 15 is 0 Å². The second-order valence-electron chi connectivity index (χ2n) is 11.7. The predicted molar refractivity (Wildman–Crippen MR) is 170 cm³/mol. The van der Waals surface area contributed by atoms with Crippen molar-refractivity contribution in [2.24, 2.45) is 5.41 Å². The molecule has 0 aliphatic carbocycles. The molecule has 10 heteroatoms. The van der Waals surface area contributed by atoms with Crippen LogP contribution in [0.15, 0.2) is 54.6 Å². The fourth-order valence-corrected chi connectivity index (χ4v) is 3.92. The molecule has 0 bridgehead atoms. The molecule has 0 heterocycles. The molecule has 1 unspecified atom stereocenters. The van der Waals surface area contributed by atoms with Crippen molar-refractivity contribution in [2.75, 3.05) is 25.5 Å². The van der Waals surface area contributed by atoms with Gasteiger partial charge < -0.3 is 31.1 Å².